The number of ether oxygens (including phenoxy) is 1. The Morgan fingerprint density at radius 1 is 1.21 bits per heavy atom. The Morgan fingerprint density at radius 3 is 2.50 bits per heavy atom. The van der Waals surface area contributed by atoms with Gasteiger partial charge in [0.2, 0.25) is 0 Å². The van der Waals surface area contributed by atoms with Crippen LogP contribution in [0.4, 0.5) is 0 Å². The van der Waals surface area contributed by atoms with Gasteiger partial charge in [-0.2, -0.15) is 0 Å². The van der Waals surface area contributed by atoms with Crippen LogP contribution >= 0.6 is 0 Å². The average Bonchev–Trinajstić information content (AvgIpc) is 3.01. The molecule has 2 aromatic rings. The molecule has 0 N–H and O–H groups in total. The summed E-state index contributed by atoms with van der Waals surface area (Å²) < 4.78 is 31.2. The standard InChI is InChI=1S/C18H21NO4S/c1-14(2)13-23-18(20)9-6-16-10-11-19(12-16)24(21,22)17-7-4-15(3)5-8-17/h4-12,14H,13H2,1-3H3/b9-6+. The molecule has 0 aliphatic rings. The number of carbonyl (C=O) groups excluding carboxylic acids is 1. The van der Waals surface area contributed by atoms with E-state index in [0.717, 1.165) is 9.54 Å². The Balaban J connectivity index is 2.12. The quantitative estimate of drug-likeness (QED) is 0.594. The lowest BCUT2D eigenvalue weighted by molar-refractivity contribution is -0.138. The van der Waals surface area contributed by atoms with Crippen molar-refractivity contribution in [2.75, 3.05) is 6.61 Å². The summed E-state index contributed by atoms with van der Waals surface area (Å²) in [6.07, 6.45) is 5.74. The molecule has 2 rings (SSSR count). The van der Waals surface area contributed by atoms with Crippen molar-refractivity contribution in [3.63, 3.8) is 0 Å². The van der Waals surface area contributed by atoms with E-state index in [-0.39, 0.29) is 10.8 Å². The molecule has 0 amide bonds. The Kier molecular flexibility index (Phi) is 5.62. The molecule has 1 aromatic carbocycles. The predicted molar refractivity (Wildman–Crippen MR) is 93.0 cm³/mol. The van der Waals surface area contributed by atoms with Crippen LogP contribution in [0.25, 0.3) is 6.08 Å². The molecule has 0 radical (unpaired) electrons. The summed E-state index contributed by atoms with van der Waals surface area (Å²) in [5.74, 6) is -0.180. The molecule has 0 saturated heterocycles. The SMILES string of the molecule is Cc1ccc(S(=O)(=O)n2ccc(/C=C/C(=O)OCC(C)C)c2)cc1. The minimum absolute atomic E-state index is 0.218. The van der Waals surface area contributed by atoms with Gasteiger partial charge in [0, 0.05) is 18.5 Å². The number of carbonyl (C=O) groups is 1. The van der Waals surface area contributed by atoms with Gasteiger partial charge in [0.15, 0.2) is 0 Å². The van der Waals surface area contributed by atoms with Gasteiger partial charge >= 0.3 is 5.97 Å². The Hall–Kier alpha value is -2.34. The summed E-state index contributed by atoms with van der Waals surface area (Å²) in [6.45, 7) is 6.15. The molecule has 0 unspecified atom stereocenters. The first kappa shape index (κ1) is 18.0. The third-order valence-corrected chi connectivity index (χ3v) is 4.91. The number of aromatic nitrogens is 1. The van der Waals surface area contributed by atoms with Crippen LogP contribution in [0.1, 0.15) is 25.0 Å². The first-order chi connectivity index (χ1) is 11.3. The number of benzene rings is 1. The predicted octanol–water partition coefficient (Wildman–Crippen LogP) is 3.25. The highest BCUT2D eigenvalue weighted by atomic mass is 32.2. The van der Waals surface area contributed by atoms with E-state index in [4.69, 9.17) is 4.74 Å². The first-order valence-corrected chi connectivity index (χ1v) is 9.08. The Labute approximate surface area is 142 Å². The van der Waals surface area contributed by atoms with Crippen LogP contribution < -0.4 is 0 Å². The van der Waals surface area contributed by atoms with E-state index in [9.17, 15) is 13.2 Å². The lowest BCUT2D eigenvalue weighted by Gasteiger charge is -2.05. The number of hydrogen-bond donors (Lipinski definition) is 0. The van der Waals surface area contributed by atoms with E-state index in [2.05, 4.69) is 0 Å². The smallest absolute Gasteiger partial charge is 0.330 e. The monoisotopic (exact) mass is 347 g/mol. The molecule has 0 saturated carbocycles. The molecular weight excluding hydrogens is 326 g/mol. The van der Waals surface area contributed by atoms with Crippen molar-refractivity contribution >= 4 is 22.1 Å². The van der Waals surface area contributed by atoms with E-state index in [0.29, 0.717) is 12.2 Å². The molecular formula is C18H21NO4S. The average molecular weight is 347 g/mol. The van der Waals surface area contributed by atoms with Crippen LogP contribution in [0, 0.1) is 12.8 Å². The minimum Gasteiger partial charge on any atom is -0.462 e. The number of rotatable bonds is 6. The lowest BCUT2D eigenvalue weighted by atomic mass is 10.2. The van der Waals surface area contributed by atoms with E-state index in [1.807, 2.05) is 20.8 Å². The summed E-state index contributed by atoms with van der Waals surface area (Å²) in [6, 6.07) is 8.27. The second kappa shape index (κ2) is 7.49. The maximum atomic E-state index is 12.5. The van der Waals surface area contributed by atoms with Gasteiger partial charge in [0.05, 0.1) is 11.5 Å². The molecule has 0 spiro atoms. The van der Waals surface area contributed by atoms with Gasteiger partial charge in [-0.15, -0.1) is 0 Å². The van der Waals surface area contributed by atoms with Crippen LogP contribution in [-0.2, 0) is 19.6 Å². The van der Waals surface area contributed by atoms with Crippen molar-refractivity contribution in [1.82, 2.24) is 3.97 Å². The van der Waals surface area contributed by atoms with E-state index >= 15 is 0 Å². The number of nitrogens with zero attached hydrogens (tertiary/aromatic N) is 1. The maximum absolute atomic E-state index is 12.5. The Bertz CT molecular complexity index is 830. The van der Waals surface area contributed by atoms with Gasteiger partial charge in [-0.1, -0.05) is 31.5 Å². The van der Waals surface area contributed by atoms with Gasteiger partial charge in [-0.25, -0.2) is 17.2 Å². The summed E-state index contributed by atoms with van der Waals surface area (Å²) >= 11 is 0. The molecule has 0 atom stereocenters. The molecule has 24 heavy (non-hydrogen) atoms. The summed E-state index contributed by atoms with van der Waals surface area (Å²) in [5, 5.41) is 0. The third kappa shape index (κ3) is 4.58. The minimum atomic E-state index is -3.63. The van der Waals surface area contributed by atoms with Crippen LogP contribution in [0.15, 0.2) is 53.7 Å². The van der Waals surface area contributed by atoms with Crippen molar-refractivity contribution < 1.29 is 17.9 Å². The maximum Gasteiger partial charge on any atom is 0.330 e. The second-order valence-electron chi connectivity index (χ2n) is 5.95. The summed E-state index contributed by atoms with van der Waals surface area (Å²) in [7, 11) is -3.63. The zero-order chi connectivity index (χ0) is 17.7. The molecule has 5 nitrogen and oxygen atoms in total. The highest BCUT2D eigenvalue weighted by Gasteiger charge is 2.16. The fourth-order valence-electron chi connectivity index (χ4n) is 1.93. The number of esters is 1. The second-order valence-corrected chi connectivity index (χ2v) is 7.79. The molecule has 128 valence electrons. The molecule has 0 fully saturated rings. The lowest BCUT2D eigenvalue weighted by Crippen LogP contribution is -2.10. The normalized spacial score (nSPS) is 12.0. The van der Waals surface area contributed by atoms with Crippen LogP contribution in [0.3, 0.4) is 0 Å². The van der Waals surface area contributed by atoms with Gasteiger partial charge in [0.1, 0.15) is 0 Å². The van der Waals surface area contributed by atoms with E-state index in [1.165, 1.54) is 24.5 Å². The number of hydrogen-bond acceptors (Lipinski definition) is 4. The summed E-state index contributed by atoms with van der Waals surface area (Å²) in [4.78, 5) is 11.8. The zero-order valence-electron chi connectivity index (χ0n) is 14.0. The summed E-state index contributed by atoms with van der Waals surface area (Å²) in [5.41, 5.74) is 1.59. The molecule has 1 heterocycles. The fraction of sp³-hybridized carbons (Fsp3) is 0.278. The third-order valence-electron chi connectivity index (χ3n) is 3.26. The van der Waals surface area contributed by atoms with Crippen LogP contribution in [0.2, 0.25) is 0 Å². The van der Waals surface area contributed by atoms with Crippen LogP contribution in [0.5, 0.6) is 0 Å². The van der Waals surface area contributed by atoms with Gasteiger partial charge in [0.25, 0.3) is 10.0 Å². The zero-order valence-corrected chi connectivity index (χ0v) is 14.8. The van der Waals surface area contributed by atoms with Gasteiger partial charge in [-0.05, 0) is 42.7 Å². The molecule has 0 aliphatic carbocycles. The fourth-order valence-corrected chi connectivity index (χ4v) is 3.14. The first-order valence-electron chi connectivity index (χ1n) is 7.64. The van der Waals surface area contributed by atoms with E-state index in [1.54, 1.807) is 30.3 Å². The van der Waals surface area contributed by atoms with Crippen molar-refractivity contribution in [3.05, 3.63) is 59.9 Å². The van der Waals surface area contributed by atoms with Crippen LogP contribution in [-0.4, -0.2) is 25.0 Å². The number of aryl methyl sites for hydroxylation is 1. The van der Waals surface area contributed by atoms with Crippen molar-refractivity contribution in [3.8, 4) is 0 Å². The van der Waals surface area contributed by atoms with Crippen molar-refractivity contribution in [2.24, 2.45) is 5.92 Å². The van der Waals surface area contributed by atoms with Gasteiger partial charge in [-0.3, -0.25) is 0 Å². The van der Waals surface area contributed by atoms with E-state index < -0.39 is 16.0 Å². The molecule has 0 aliphatic heterocycles. The topological polar surface area (TPSA) is 65.4 Å². The highest BCUT2D eigenvalue weighted by Crippen LogP contribution is 2.16. The molecule has 6 heteroatoms. The van der Waals surface area contributed by atoms with Crippen molar-refractivity contribution in [2.45, 2.75) is 25.7 Å². The largest absolute Gasteiger partial charge is 0.462 e. The molecule has 1 aromatic heterocycles. The van der Waals surface area contributed by atoms with Crippen molar-refractivity contribution in [1.29, 1.82) is 0 Å². The van der Waals surface area contributed by atoms with Gasteiger partial charge < -0.3 is 4.74 Å². The Morgan fingerprint density at radius 2 is 1.88 bits per heavy atom. The molecule has 0 bridgehead atoms. The highest BCUT2D eigenvalue weighted by molar-refractivity contribution is 7.90.